The van der Waals surface area contributed by atoms with Gasteiger partial charge in [-0.2, -0.15) is 0 Å². The quantitative estimate of drug-likeness (QED) is 0.0278. The molecule has 0 aliphatic carbocycles. The molecule has 0 aromatic carbocycles. The third-order valence-electron chi connectivity index (χ3n) is 20.1. The van der Waals surface area contributed by atoms with Gasteiger partial charge >= 0.3 is 17.9 Å². The molecule has 560 valence electrons. The molecular formula is C85H168NO8+. The lowest BCUT2D eigenvalue weighted by Crippen LogP contribution is -2.40. The number of hydrogen-bond acceptors (Lipinski definition) is 7. The number of nitrogens with zero attached hydrogens (tertiary/aromatic N) is 1. The highest BCUT2D eigenvalue weighted by atomic mass is 16.7. The Balaban J connectivity index is 3.91. The first kappa shape index (κ1) is 92.3. The molecule has 9 heteroatoms. The van der Waals surface area contributed by atoms with Gasteiger partial charge in [0.2, 0.25) is 0 Å². The van der Waals surface area contributed by atoms with Gasteiger partial charge in [0.1, 0.15) is 13.2 Å². The van der Waals surface area contributed by atoms with Crippen LogP contribution in [0.25, 0.3) is 0 Å². The average molecular weight is 1330 g/mol. The summed E-state index contributed by atoms with van der Waals surface area (Å²) in [6.45, 7) is 4.99. The monoisotopic (exact) mass is 1330 g/mol. The van der Waals surface area contributed by atoms with Crippen LogP contribution in [-0.4, -0.2) is 87.4 Å². The fourth-order valence-corrected chi connectivity index (χ4v) is 13.6. The first-order valence-corrected chi connectivity index (χ1v) is 42.7. The number of carbonyl (C=O) groups is 3. The van der Waals surface area contributed by atoms with E-state index in [1.54, 1.807) is 0 Å². The minimum absolute atomic E-state index is 0.171. The van der Waals surface area contributed by atoms with Crippen molar-refractivity contribution in [1.29, 1.82) is 0 Å². The SMILES string of the molecule is CCCCCCCCCCCCCCCCCCCCCCCCCCCCCCCCCCCCCCC(=O)OC(COC(=O)CCCCCCCCCCCCCCCCCCCCCCCCCCCCCCCCCCC)COC(OCC[N+](C)(C)C)C(=O)O. The van der Waals surface area contributed by atoms with Crippen molar-refractivity contribution >= 4 is 17.9 Å². The molecule has 0 rings (SSSR count). The van der Waals surface area contributed by atoms with E-state index < -0.39 is 18.4 Å². The van der Waals surface area contributed by atoms with Crippen LogP contribution >= 0.6 is 0 Å². The third kappa shape index (κ3) is 77.6. The fourth-order valence-electron chi connectivity index (χ4n) is 13.6. The minimum atomic E-state index is -1.51. The highest BCUT2D eigenvalue weighted by molar-refractivity contribution is 5.71. The Kier molecular flexibility index (Phi) is 75.6. The van der Waals surface area contributed by atoms with Crippen LogP contribution < -0.4 is 0 Å². The van der Waals surface area contributed by atoms with Crippen molar-refractivity contribution in [1.82, 2.24) is 0 Å². The topological polar surface area (TPSA) is 108 Å². The van der Waals surface area contributed by atoms with Crippen LogP contribution in [0.3, 0.4) is 0 Å². The van der Waals surface area contributed by atoms with Gasteiger partial charge in [-0.1, -0.05) is 444 Å². The average Bonchev–Trinajstić information content (AvgIpc) is 3.45. The number of carbonyl (C=O) groups excluding carboxylic acids is 2. The Morgan fingerprint density at radius 2 is 0.479 bits per heavy atom. The van der Waals surface area contributed by atoms with Crippen molar-refractivity contribution in [3.63, 3.8) is 0 Å². The zero-order chi connectivity index (χ0) is 68.2. The van der Waals surface area contributed by atoms with Gasteiger partial charge in [0, 0.05) is 12.8 Å². The molecule has 94 heavy (non-hydrogen) atoms. The van der Waals surface area contributed by atoms with Crippen LogP contribution in [0.15, 0.2) is 0 Å². The van der Waals surface area contributed by atoms with Gasteiger partial charge in [-0.05, 0) is 12.8 Å². The second-order valence-corrected chi connectivity index (χ2v) is 30.9. The number of hydrogen-bond donors (Lipinski definition) is 1. The predicted molar refractivity (Wildman–Crippen MR) is 406 cm³/mol. The molecule has 0 fully saturated rings. The zero-order valence-corrected chi connectivity index (χ0v) is 64.4. The molecule has 0 spiro atoms. The summed E-state index contributed by atoms with van der Waals surface area (Å²) < 4.78 is 23.1. The maximum atomic E-state index is 13.0. The van der Waals surface area contributed by atoms with E-state index in [2.05, 4.69) is 13.8 Å². The number of rotatable bonds is 82. The molecule has 0 bridgehead atoms. The van der Waals surface area contributed by atoms with Gasteiger partial charge in [-0.15, -0.1) is 0 Å². The van der Waals surface area contributed by atoms with Gasteiger partial charge in [-0.25, -0.2) is 4.79 Å². The van der Waals surface area contributed by atoms with E-state index in [1.807, 2.05) is 21.1 Å². The maximum absolute atomic E-state index is 13.0. The Hall–Kier alpha value is -1.71. The van der Waals surface area contributed by atoms with Crippen molar-refractivity contribution in [3.05, 3.63) is 0 Å². The summed E-state index contributed by atoms with van der Waals surface area (Å²) in [4.78, 5) is 37.8. The van der Waals surface area contributed by atoms with E-state index in [0.29, 0.717) is 17.4 Å². The molecule has 9 nitrogen and oxygen atoms in total. The number of carboxylic acids is 1. The largest absolute Gasteiger partial charge is 0.477 e. The fraction of sp³-hybridized carbons (Fsp3) is 0.965. The molecule has 0 saturated carbocycles. The highest BCUT2D eigenvalue weighted by Gasteiger charge is 2.25. The van der Waals surface area contributed by atoms with Crippen LogP contribution in [0, 0.1) is 0 Å². The summed E-state index contributed by atoms with van der Waals surface area (Å²) in [6, 6.07) is 0. The van der Waals surface area contributed by atoms with Crippen molar-refractivity contribution in [2.45, 2.75) is 482 Å². The Labute approximate surface area is 587 Å². The number of esters is 2. The van der Waals surface area contributed by atoms with E-state index >= 15 is 0 Å². The van der Waals surface area contributed by atoms with Crippen LogP contribution in [0.1, 0.15) is 470 Å². The van der Waals surface area contributed by atoms with Crippen LogP contribution in [0.5, 0.6) is 0 Å². The van der Waals surface area contributed by atoms with Crippen LogP contribution in [-0.2, 0) is 33.3 Å². The minimum Gasteiger partial charge on any atom is -0.477 e. The normalized spacial score (nSPS) is 12.5. The Morgan fingerprint density at radius 1 is 0.277 bits per heavy atom. The number of aliphatic carboxylic acids is 1. The standard InChI is InChI=1S/C85H167NO8/c1-6-8-10-12-14-16-18-20-22-24-26-28-30-32-34-36-38-40-41-42-44-46-48-50-52-54-56-58-60-62-64-66-68-70-72-74-76-83(88)94-81(80-93-85(84(89)90)91-78-77-86(3,4)5)79-92-82(87)75-73-71-69-67-65-63-61-59-57-55-53-51-49-47-45-43-39-37-35-33-31-29-27-25-23-21-19-17-15-13-11-9-7-2/h81,85H,6-80H2,1-5H3/p+1. The summed E-state index contributed by atoms with van der Waals surface area (Å²) in [6.07, 6.45) is 93.0. The smallest absolute Gasteiger partial charge is 0.361 e. The second kappa shape index (κ2) is 77.0. The molecule has 2 atom stereocenters. The lowest BCUT2D eigenvalue weighted by molar-refractivity contribution is -0.870. The molecule has 2 unspecified atom stereocenters. The van der Waals surface area contributed by atoms with Gasteiger partial charge in [0.15, 0.2) is 6.10 Å². The van der Waals surface area contributed by atoms with Crippen molar-refractivity contribution in [3.8, 4) is 0 Å². The molecule has 0 heterocycles. The molecule has 0 aromatic heterocycles. The molecule has 0 aromatic rings. The van der Waals surface area contributed by atoms with Gasteiger partial charge in [0.05, 0.1) is 34.4 Å². The van der Waals surface area contributed by atoms with E-state index in [1.165, 1.54) is 405 Å². The summed E-state index contributed by atoms with van der Waals surface area (Å²) in [5.41, 5.74) is 0. The van der Waals surface area contributed by atoms with Gasteiger partial charge in [-0.3, -0.25) is 9.59 Å². The summed E-state index contributed by atoms with van der Waals surface area (Å²) in [7, 11) is 6.01. The zero-order valence-electron chi connectivity index (χ0n) is 64.4. The molecule has 0 radical (unpaired) electrons. The van der Waals surface area contributed by atoms with Crippen molar-refractivity contribution in [2.75, 3.05) is 47.5 Å². The van der Waals surface area contributed by atoms with Crippen molar-refractivity contribution < 1.29 is 42.9 Å². The van der Waals surface area contributed by atoms with E-state index in [0.717, 1.165) is 38.5 Å². The highest BCUT2D eigenvalue weighted by Crippen LogP contribution is 2.21. The lowest BCUT2D eigenvalue weighted by atomic mass is 10.0. The van der Waals surface area contributed by atoms with Crippen molar-refractivity contribution in [2.24, 2.45) is 0 Å². The van der Waals surface area contributed by atoms with Crippen LogP contribution in [0.4, 0.5) is 0 Å². The second-order valence-electron chi connectivity index (χ2n) is 30.9. The Bertz CT molecular complexity index is 1500. The van der Waals surface area contributed by atoms with Gasteiger partial charge in [0.25, 0.3) is 6.29 Å². The van der Waals surface area contributed by atoms with Crippen LogP contribution in [0.2, 0.25) is 0 Å². The first-order valence-electron chi connectivity index (χ1n) is 42.7. The number of carboxylic acid groups (broad SMARTS) is 1. The third-order valence-corrected chi connectivity index (χ3v) is 20.1. The molecular weight excluding hydrogens is 1160 g/mol. The molecule has 0 aliphatic heterocycles. The molecule has 1 N–H and O–H groups in total. The number of likely N-dealkylation sites (N-methyl/N-ethyl adjacent to an activating group) is 1. The summed E-state index contributed by atoms with van der Waals surface area (Å²) in [5, 5.41) is 9.78. The maximum Gasteiger partial charge on any atom is 0.361 e. The van der Waals surface area contributed by atoms with E-state index in [4.69, 9.17) is 18.9 Å². The number of unbranched alkanes of at least 4 members (excludes halogenated alkanes) is 67. The Morgan fingerprint density at radius 3 is 0.681 bits per heavy atom. The van der Waals surface area contributed by atoms with E-state index in [9.17, 15) is 19.5 Å². The number of ether oxygens (including phenoxy) is 4. The molecule has 0 saturated heterocycles. The summed E-state index contributed by atoms with van der Waals surface area (Å²) in [5.74, 6) is -1.96. The molecule has 0 amide bonds. The predicted octanol–water partition coefficient (Wildman–Crippen LogP) is 27.3. The molecule has 0 aliphatic rings. The number of quaternary nitrogens is 1. The first-order chi connectivity index (χ1) is 46.1. The van der Waals surface area contributed by atoms with Gasteiger partial charge < -0.3 is 28.5 Å². The summed E-state index contributed by atoms with van der Waals surface area (Å²) >= 11 is 0. The van der Waals surface area contributed by atoms with E-state index in [-0.39, 0.29) is 38.2 Å². The lowest BCUT2D eigenvalue weighted by Gasteiger charge is -2.25.